The van der Waals surface area contributed by atoms with Gasteiger partial charge < -0.3 is 5.32 Å². The monoisotopic (exact) mass is 289 g/mol. The summed E-state index contributed by atoms with van der Waals surface area (Å²) in [5, 5.41) is 3.54. The molecular formula is C17H20FNS. The first-order chi connectivity index (χ1) is 9.69. The van der Waals surface area contributed by atoms with E-state index in [1.807, 2.05) is 30.4 Å². The van der Waals surface area contributed by atoms with Gasteiger partial charge in [-0.15, -0.1) is 11.3 Å². The van der Waals surface area contributed by atoms with Gasteiger partial charge in [0, 0.05) is 9.75 Å². The Labute approximate surface area is 123 Å². The Bertz CT molecular complexity index is 596. The molecule has 0 fully saturated rings. The topological polar surface area (TPSA) is 12.0 Å². The standard InChI is InChI=1S/C17H20FNS/c1-3-19-17(13-7-8-14(18)11(2)9-13)16-10-12-5-4-6-15(12)20-16/h7-10,17,19H,3-6H2,1-2H3. The molecule has 106 valence electrons. The van der Waals surface area contributed by atoms with E-state index in [0.717, 1.165) is 17.7 Å². The van der Waals surface area contributed by atoms with Crippen LogP contribution in [-0.2, 0) is 12.8 Å². The van der Waals surface area contributed by atoms with Crippen molar-refractivity contribution >= 4 is 11.3 Å². The van der Waals surface area contributed by atoms with Crippen molar-refractivity contribution in [1.82, 2.24) is 5.32 Å². The van der Waals surface area contributed by atoms with Crippen LogP contribution in [0.3, 0.4) is 0 Å². The number of aryl methyl sites for hydroxylation is 3. The molecule has 20 heavy (non-hydrogen) atoms. The summed E-state index contributed by atoms with van der Waals surface area (Å²) in [5.41, 5.74) is 3.40. The number of rotatable bonds is 4. The van der Waals surface area contributed by atoms with Crippen LogP contribution in [0.5, 0.6) is 0 Å². The third-order valence-corrected chi connectivity index (χ3v) is 5.28. The second kappa shape index (κ2) is 5.66. The van der Waals surface area contributed by atoms with Crippen molar-refractivity contribution in [3.8, 4) is 0 Å². The van der Waals surface area contributed by atoms with Gasteiger partial charge in [0.15, 0.2) is 0 Å². The van der Waals surface area contributed by atoms with Crippen LogP contribution in [0.15, 0.2) is 24.3 Å². The second-order valence-corrected chi connectivity index (χ2v) is 6.62. The van der Waals surface area contributed by atoms with Gasteiger partial charge in [-0.05, 0) is 61.6 Å². The zero-order valence-corrected chi connectivity index (χ0v) is 12.8. The Balaban J connectivity index is 1.96. The average Bonchev–Trinajstić information content (AvgIpc) is 3.00. The molecule has 3 rings (SSSR count). The van der Waals surface area contributed by atoms with Crippen LogP contribution in [0.1, 0.15) is 45.8 Å². The van der Waals surface area contributed by atoms with Gasteiger partial charge in [-0.3, -0.25) is 0 Å². The maximum Gasteiger partial charge on any atom is 0.126 e. The molecule has 1 unspecified atom stereocenters. The van der Waals surface area contributed by atoms with E-state index in [2.05, 4.69) is 18.3 Å². The molecule has 0 saturated heterocycles. The van der Waals surface area contributed by atoms with Crippen LogP contribution in [0.4, 0.5) is 4.39 Å². The molecule has 1 nitrogen and oxygen atoms in total. The first-order valence-corrected chi connectivity index (χ1v) is 8.11. The maximum absolute atomic E-state index is 13.5. The first-order valence-electron chi connectivity index (χ1n) is 7.30. The molecule has 3 heteroatoms. The van der Waals surface area contributed by atoms with Crippen molar-refractivity contribution in [1.29, 1.82) is 0 Å². The van der Waals surface area contributed by atoms with Gasteiger partial charge in [0.25, 0.3) is 0 Å². The number of hydrogen-bond donors (Lipinski definition) is 1. The van der Waals surface area contributed by atoms with Gasteiger partial charge in [0.2, 0.25) is 0 Å². The summed E-state index contributed by atoms with van der Waals surface area (Å²) in [6.07, 6.45) is 3.73. The highest BCUT2D eigenvalue weighted by atomic mass is 32.1. The van der Waals surface area contributed by atoms with E-state index in [-0.39, 0.29) is 11.9 Å². The van der Waals surface area contributed by atoms with E-state index in [9.17, 15) is 4.39 Å². The van der Waals surface area contributed by atoms with Crippen molar-refractivity contribution in [3.05, 3.63) is 56.5 Å². The van der Waals surface area contributed by atoms with Crippen molar-refractivity contribution < 1.29 is 4.39 Å². The van der Waals surface area contributed by atoms with Gasteiger partial charge in [-0.25, -0.2) is 4.39 Å². The Kier molecular flexibility index (Phi) is 3.90. The van der Waals surface area contributed by atoms with E-state index in [0.29, 0.717) is 0 Å². The summed E-state index contributed by atoms with van der Waals surface area (Å²) < 4.78 is 13.5. The Morgan fingerprint density at radius 2 is 2.15 bits per heavy atom. The van der Waals surface area contributed by atoms with Crippen LogP contribution in [0, 0.1) is 12.7 Å². The molecule has 0 amide bonds. The minimum Gasteiger partial charge on any atom is -0.306 e. The summed E-state index contributed by atoms with van der Waals surface area (Å²) in [4.78, 5) is 2.91. The molecule has 0 bridgehead atoms. The number of benzene rings is 1. The zero-order chi connectivity index (χ0) is 14.1. The van der Waals surface area contributed by atoms with Crippen LogP contribution in [-0.4, -0.2) is 6.54 Å². The summed E-state index contributed by atoms with van der Waals surface area (Å²) in [6, 6.07) is 7.98. The summed E-state index contributed by atoms with van der Waals surface area (Å²) in [7, 11) is 0. The fourth-order valence-corrected chi connectivity index (χ4v) is 4.29. The van der Waals surface area contributed by atoms with E-state index in [1.54, 1.807) is 10.9 Å². The van der Waals surface area contributed by atoms with E-state index < -0.39 is 0 Å². The Hall–Kier alpha value is -1.19. The molecule has 1 aromatic carbocycles. The largest absolute Gasteiger partial charge is 0.306 e. The lowest BCUT2D eigenvalue weighted by molar-refractivity contribution is 0.609. The lowest BCUT2D eigenvalue weighted by Crippen LogP contribution is -2.21. The smallest absolute Gasteiger partial charge is 0.126 e. The average molecular weight is 289 g/mol. The highest BCUT2D eigenvalue weighted by Crippen LogP contribution is 2.36. The quantitative estimate of drug-likeness (QED) is 0.880. The molecule has 1 aliphatic carbocycles. The fraction of sp³-hybridized carbons (Fsp3) is 0.412. The number of halogens is 1. The summed E-state index contributed by atoms with van der Waals surface area (Å²) >= 11 is 1.92. The van der Waals surface area contributed by atoms with Crippen LogP contribution in [0.2, 0.25) is 0 Å². The van der Waals surface area contributed by atoms with Gasteiger partial charge >= 0.3 is 0 Å². The molecule has 0 saturated carbocycles. The zero-order valence-electron chi connectivity index (χ0n) is 12.0. The second-order valence-electron chi connectivity index (χ2n) is 5.45. The van der Waals surface area contributed by atoms with Gasteiger partial charge in [-0.2, -0.15) is 0 Å². The third kappa shape index (κ3) is 2.52. The minimum atomic E-state index is -0.127. The van der Waals surface area contributed by atoms with Gasteiger partial charge in [0.1, 0.15) is 5.82 Å². The third-order valence-electron chi connectivity index (χ3n) is 3.97. The van der Waals surface area contributed by atoms with Crippen molar-refractivity contribution in [2.45, 2.75) is 39.2 Å². The fourth-order valence-electron chi connectivity index (χ4n) is 2.93. The molecule has 0 aliphatic heterocycles. The molecule has 1 aliphatic rings. The summed E-state index contributed by atoms with van der Waals surface area (Å²) in [5.74, 6) is -0.127. The predicted molar refractivity (Wildman–Crippen MR) is 83.0 cm³/mol. The van der Waals surface area contributed by atoms with Crippen LogP contribution < -0.4 is 5.32 Å². The van der Waals surface area contributed by atoms with Gasteiger partial charge in [0.05, 0.1) is 6.04 Å². The SMILES string of the molecule is CCNC(c1ccc(F)c(C)c1)c1cc2c(s1)CCC2. The molecule has 1 heterocycles. The predicted octanol–water partition coefficient (Wildman–Crippen LogP) is 4.38. The normalized spacial score (nSPS) is 15.3. The lowest BCUT2D eigenvalue weighted by Gasteiger charge is -2.18. The Morgan fingerprint density at radius 1 is 1.30 bits per heavy atom. The van der Waals surface area contributed by atoms with Crippen molar-refractivity contribution in [3.63, 3.8) is 0 Å². The maximum atomic E-state index is 13.5. The van der Waals surface area contributed by atoms with Crippen LogP contribution in [0.25, 0.3) is 0 Å². The molecule has 0 radical (unpaired) electrons. The van der Waals surface area contributed by atoms with Crippen molar-refractivity contribution in [2.24, 2.45) is 0 Å². The molecule has 0 spiro atoms. The van der Waals surface area contributed by atoms with E-state index in [1.165, 1.54) is 29.7 Å². The van der Waals surface area contributed by atoms with Crippen LogP contribution >= 0.6 is 11.3 Å². The highest BCUT2D eigenvalue weighted by Gasteiger charge is 2.21. The molecule has 1 N–H and O–H groups in total. The molecule has 1 atom stereocenters. The number of nitrogens with one attached hydrogen (secondary N) is 1. The van der Waals surface area contributed by atoms with E-state index >= 15 is 0 Å². The molecule has 2 aromatic rings. The highest BCUT2D eigenvalue weighted by molar-refractivity contribution is 7.12. The van der Waals surface area contributed by atoms with Gasteiger partial charge in [-0.1, -0.05) is 19.1 Å². The Morgan fingerprint density at radius 3 is 2.85 bits per heavy atom. The summed E-state index contributed by atoms with van der Waals surface area (Å²) in [6.45, 7) is 4.85. The molecule has 1 aromatic heterocycles. The number of thiophene rings is 1. The molecular weight excluding hydrogens is 269 g/mol. The lowest BCUT2D eigenvalue weighted by atomic mass is 10.0. The van der Waals surface area contributed by atoms with E-state index in [4.69, 9.17) is 0 Å². The minimum absolute atomic E-state index is 0.127. The first kappa shape index (κ1) is 13.8. The number of hydrogen-bond acceptors (Lipinski definition) is 2. The number of fused-ring (bicyclic) bond motifs is 1. The van der Waals surface area contributed by atoms with Crippen molar-refractivity contribution in [2.75, 3.05) is 6.54 Å².